The molecule has 0 amide bonds. The molecule has 4 aromatic rings. The fourth-order valence-electron chi connectivity index (χ4n) is 6.00. The Hall–Kier alpha value is -2.96. The number of aromatic nitrogens is 2. The molecule has 0 unspecified atom stereocenters. The van der Waals surface area contributed by atoms with Gasteiger partial charge in [0.05, 0.1) is 16.1 Å². The first kappa shape index (κ1) is 24.4. The van der Waals surface area contributed by atoms with Gasteiger partial charge in [-0.15, -0.1) is 0 Å². The second-order valence-corrected chi connectivity index (χ2v) is 13.0. The van der Waals surface area contributed by atoms with Crippen molar-refractivity contribution >= 4 is 20.9 Å². The predicted molar refractivity (Wildman–Crippen MR) is 150 cm³/mol. The van der Waals surface area contributed by atoms with E-state index in [2.05, 4.69) is 35.9 Å². The highest BCUT2D eigenvalue weighted by Crippen LogP contribution is 2.43. The van der Waals surface area contributed by atoms with Gasteiger partial charge in [-0.25, -0.2) is 12.4 Å². The van der Waals surface area contributed by atoms with Gasteiger partial charge in [0.2, 0.25) is 0 Å². The van der Waals surface area contributed by atoms with Crippen LogP contribution in [0.1, 0.15) is 66.2 Å². The third-order valence-electron chi connectivity index (χ3n) is 7.88. The second-order valence-electron chi connectivity index (χ2n) is 11.2. The fraction of sp³-hybridized carbons (Fsp3) is 0.387. The Morgan fingerprint density at radius 3 is 2.22 bits per heavy atom. The zero-order valence-electron chi connectivity index (χ0n) is 22.4. The molecule has 1 saturated carbocycles. The third kappa shape index (κ3) is 4.20. The molecular weight excluding hydrogens is 478 g/mol. The molecule has 0 spiro atoms. The van der Waals surface area contributed by atoms with E-state index in [4.69, 9.17) is 0 Å². The summed E-state index contributed by atoms with van der Waals surface area (Å²) >= 11 is 0. The van der Waals surface area contributed by atoms with Crippen LogP contribution in [-0.2, 0) is 23.0 Å². The van der Waals surface area contributed by atoms with Gasteiger partial charge in [0, 0.05) is 41.5 Å². The molecule has 3 heterocycles. The second kappa shape index (κ2) is 8.81. The Morgan fingerprint density at radius 2 is 1.59 bits per heavy atom. The van der Waals surface area contributed by atoms with Gasteiger partial charge in [0.1, 0.15) is 0 Å². The topological polar surface area (TPSA) is 55.2 Å². The van der Waals surface area contributed by atoms with Gasteiger partial charge in [-0.1, -0.05) is 31.5 Å². The maximum absolute atomic E-state index is 14.4. The lowest BCUT2D eigenvalue weighted by Gasteiger charge is -2.29. The van der Waals surface area contributed by atoms with Gasteiger partial charge < -0.3 is 0 Å². The number of rotatable bonds is 5. The normalized spacial score (nSPS) is 16.5. The molecule has 6 rings (SSSR count). The summed E-state index contributed by atoms with van der Waals surface area (Å²) in [5.41, 5.74) is 8.94. The van der Waals surface area contributed by atoms with Crippen molar-refractivity contribution in [2.45, 2.75) is 77.3 Å². The third-order valence-corrected chi connectivity index (χ3v) is 9.61. The molecule has 5 nitrogen and oxygen atoms in total. The van der Waals surface area contributed by atoms with Gasteiger partial charge in [-0.05, 0) is 99.0 Å². The van der Waals surface area contributed by atoms with Crippen molar-refractivity contribution in [3.8, 4) is 11.3 Å². The number of fused-ring (bicyclic) bond motifs is 2. The van der Waals surface area contributed by atoms with E-state index in [1.165, 1.54) is 24.0 Å². The number of hydrogen-bond acceptors (Lipinski definition) is 4. The number of aryl methyl sites for hydroxylation is 3. The van der Waals surface area contributed by atoms with Crippen LogP contribution in [0.2, 0.25) is 0 Å². The van der Waals surface area contributed by atoms with Crippen molar-refractivity contribution in [3.05, 3.63) is 82.2 Å². The molecule has 1 aliphatic heterocycles. The van der Waals surface area contributed by atoms with Crippen LogP contribution in [0.25, 0.3) is 22.2 Å². The van der Waals surface area contributed by atoms with Crippen LogP contribution < -0.4 is 0 Å². The average Bonchev–Trinajstić information content (AvgIpc) is 3.63. The van der Waals surface area contributed by atoms with Crippen LogP contribution in [0.15, 0.2) is 53.4 Å². The maximum Gasteiger partial charge on any atom is 0.268 e. The van der Waals surface area contributed by atoms with E-state index in [1.54, 1.807) is 16.1 Å². The van der Waals surface area contributed by atoms with E-state index in [1.807, 2.05) is 45.0 Å². The quantitative estimate of drug-likeness (QED) is 0.305. The van der Waals surface area contributed by atoms with E-state index in [9.17, 15) is 8.42 Å². The zero-order valence-corrected chi connectivity index (χ0v) is 23.2. The summed E-state index contributed by atoms with van der Waals surface area (Å²) in [6.07, 6.45) is 3.55. The van der Waals surface area contributed by atoms with E-state index in [0.717, 1.165) is 70.2 Å². The number of pyridine rings is 1. The molecule has 2 aromatic carbocycles. The number of hydrogen-bond donors (Lipinski definition) is 0. The van der Waals surface area contributed by atoms with Crippen molar-refractivity contribution in [1.82, 2.24) is 13.9 Å². The molecule has 6 heteroatoms. The Bertz CT molecular complexity index is 1610. The summed E-state index contributed by atoms with van der Waals surface area (Å²) in [5.74, 6) is 0.141. The molecule has 0 saturated heterocycles. The SMILES string of the molecule is Cc1ccc(S(=O)(=O)n2c(-c3cc(C)nc(C)c3)c(C(C)C)c3cc4c(cc32)CCN(C2CC2)C4)cc1. The lowest BCUT2D eigenvalue weighted by molar-refractivity contribution is 0.244. The monoisotopic (exact) mass is 513 g/mol. The largest absolute Gasteiger partial charge is 0.296 e. The molecule has 0 bridgehead atoms. The first-order chi connectivity index (χ1) is 17.6. The lowest BCUT2D eigenvalue weighted by atomic mass is 9.92. The lowest BCUT2D eigenvalue weighted by Crippen LogP contribution is -2.32. The van der Waals surface area contributed by atoms with Crippen molar-refractivity contribution in [1.29, 1.82) is 0 Å². The molecule has 37 heavy (non-hydrogen) atoms. The Morgan fingerprint density at radius 1 is 0.919 bits per heavy atom. The molecular formula is C31H35N3O2S. The van der Waals surface area contributed by atoms with Crippen molar-refractivity contribution < 1.29 is 8.42 Å². The molecule has 192 valence electrons. The van der Waals surface area contributed by atoms with Gasteiger partial charge in [-0.2, -0.15) is 0 Å². The minimum atomic E-state index is -3.85. The molecule has 1 aliphatic carbocycles. The van der Waals surface area contributed by atoms with E-state index >= 15 is 0 Å². The van der Waals surface area contributed by atoms with Crippen LogP contribution in [0.5, 0.6) is 0 Å². The predicted octanol–water partition coefficient (Wildman–Crippen LogP) is 6.51. The van der Waals surface area contributed by atoms with Crippen LogP contribution >= 0.6 is 0 Å². The van der Waals surface area contributed by atoms with E-state index in [0.29, 0.717) is 4.90 Å². The van der Waals surface area contributed by atoms with E-state index in [-0.39, 0.29) is 5.92 Å². The van der Waals surface area contributed by atoms with Crippen LogP contribution in [-0.4, -0.2) is 34.9 Å². The maximum atomic E-state index is 14.4. The average molecular weight is 514 g/mol. The highest BCUT2D eigenvalue weighted by atomic mass is 32.2. The standard InChI is InChI=1S/C31H35N3O2S/c1-19(2)30-28-16-25-18-33(26-8-9-26)13-12-23(25)17-29(28)34(31(30)24-14-21(4)32-22(5)15-24)37(35,36)27-10-6-20(3)7-11-27/h6-7,10-11,14-17,19,26H,8-9,12-13,18H2,1-5H3. The highest BCUT2D eigenvalue weighted by Gasteiger charge is 2.34. The van der Waals surface area contributed by atoms with Crippen LogP contribution in [0, 0.1) is 20.8 Å². The zero-order chi connectivity index (χ0) is 26.1. The first-order valence-electron chi connectivity index (χ1n) is 13.4. The van der Waals surface area contributed by atoms with Crippen molar-refractivity contribution in [3.63, 3.8) is 0 Å². The van der Waals surface area contributed by atoms with Crippen LogP contribution in [0.3, 0.4) is 0 Å². The van der Waals surface area contributed by atoms with Gasteiger partial charge in [0.25, 0.3) is 10.0 Å². The summed E-state index contributed by atoms with van der Waals surface area (Å²) in [6.45, 7) is 12.2. The van der Waals surface area contributed by atoms with Crippen LogP contribution in [0.4, 0.5) is 0 Å². The molecule has 0 radical (unpaired) electrons. The first-order valence-corrected chi connectivity index (χ1v) is 14.8. The number of nitrogens with zero attached hydrogens (tertiary/aromatic N) is 3. The smallest absolute Gasteiger partial charge is 0.268 e. The summed E-state index contributed by atoms with van der Waals surface area (Å²) in [4.78, 5) is 7.49. The Balaban J connectivity index is 1.69. The molecule has 1 fully saturated rings. The van der Waals surface area contributed by atoms with E-state index < -0.39 is 10.0 Å². The van der Waals surface area contributed by atoms with Gasteiger partial charge in [-0.3, -0.25) is 9.88 Å². The minimum Gasteiger partial charge on any atom is -0.296 e. The summed E-state index contributed by atoms with van der Waals surface area (Å²) in [5, 5.41) is 1.05. The van der Waals surface area contributed by atoms with Gasteiger partial charge >= 0.3 is 0 Å². The summed E-state index contributed by atoms with van der Waals surface area (Å²) in [7, 11) is -3.85. The Kier molecular flexibility index (Phi) is 5.81. The summed E-state index contributed by atoms with van der Waals surface area (Å²) < 4.78 is 30.5. The minimum absolute atomic E-state index is 0.141. The molecule has 0 N–H and O–H groups in total. The molecule has 0 atom stereocenters. The fourth-order valence-corrected chi connectivity index (χ4v) is 7.55. The summed E-state index contributed by atoms with van der Waals surface area (Å²) in [6, 6.07) is 16.4. The van der Waals surface area contributed by atoms with Crippen molar-refractivity contribution in [2.24, 2.45) is 0 Å². The van der Waals surface area contributed by atoms with Gasteiger partial charge in [0.15, 0.2) is 0 Å². The highest BCUT2D eigenvalue weighted by molar-refractivity contribution is 7.90. The molecule has 2 aliphatic rings. The number of benzene rings is 2. The van der Waals surface area contributed by atoms with Crippen molar-refractivity contribution in [2.75, 3.05) is 6.54 Å². The molecule has 2 aromatic heterocycles. The Labute approximate surface area is 220 Å².